The second-order valence-electron chi connectivity index (χ2n) is 10.4. The number of aromatic hydroxyl groups is 1. The number of phenolic OH excluding ortho intramolecular Hbond substituents is 1. The smallest absolute Gasteiger partial charge is 0.123 e. The Morgan fingerprint density at radius 3 is 1.77 bits per heavy atom. The molecule has 0 aliphatic carbocycles. The summed E-state index contributed by atoms with van der Waals surface area (Å²) in [5, 5.41) is 19.8. The zero-order chi connectivity index (χ0) is 26.6. The molecule has 0 amide bonds. The number of hydrogen-bond donors (Lipinski definition) is 1. The quantitative estimate of drug-likeness (QED) is 0.238. The van der Waals surface area contributed by atoms with Crippen molar-refractivity contribution in [1.29, 1.82) is 0 Å². The van der Waals surface area contributed by atoms with E-state index in [1.54, 1.807) is 6.07 Å². The second kappa shape index (κ2) is 8.86. The zero-order valence-electron chi connectivity index (χ0n) is 21.8. The minimum Gasteiger partial charge on any atom is -0.507 e. The van der Waals surface area contributed by atoms with E-state index >= 15 is 0 Å². The van der Waals surface area contributed by atoms with Gasteiger partial charge >= 0.3 is 0 Å². The zero-order valence-corrected chi connectivity index (χ0v) is 21.8. The highest BCUT2D eigenvalue weighted by Gasteiger charge is 2.16. The van der Waals surface area contributed by atoms with Gasteiger partial charge in [0.15, 0.2) is 0 Å². The van der Waals surface area contributed by atoms with Crippen molar-refractivity contribution < 1.29 is 5.11 Å². The molecule has 0 heterocycles. The summed E-state index contributed by atoms with van der Waals surface area (Å²) in [6.45, 7) is 0. The lowest BCUT2D eigenvalue weighted by molar-refractivity contribution is 0.482. The van der Waals surface area contributed by atoms with E-state index in [1.165, 1.54) is 32.5 Å². The van der Waals surface area contributed by atoms with E-state index in [0.717, 1.165) is 38.8 Å². The molecule has 2 heteroatoms. The molecule has 0 aliphatic rings. The van der Waals surface area contributed by atoms with E-state index in [2.05, 4.69) is 132 Å². The summed E-state index contributed by atoms with van der Waals surface area (Å²) < 4.78 is 0. The van der Waals surface area contributed by atoms with Crippen LogP contribution in [0.5, 0.6) is 5.75 Å². The van der Waals surface area contributed by atoms with Gasteiger partial charge in [-0.3, -0.25) is 0 Å². The molecule has 0 unspecified atom stereocenters. The molecule has 188 valence electrons. The van der Waals surface area contributed by atoms with Crippen molar-refractivity contribution >= 4 is 60.2 Å². The Bertz CT molecular complexity index is 2160. The van der Waals surface area contributed by atoms with Crippen LogP contribution in [0.4, 0.5) is 17.1 Å². The molecule has 0 saturated heterocycles. The summed E-state index contributed by atoms with van der Waals surface area (Å²) in [7, 11) is 0. The molecule has 0 saturated carbocycles. The molecule has 0 radical (unpaired) electrons. The Balaban J connectivity index is 1.27. The Morgan fingerprint density at radius 2 is 0.975 bits per heavy atom. The topological polar surface area (TPSA) is 23.5 Å². The highest BCUT2D eigenvalue weighted by Crippen LogP contribution is 2.42. The first kappa shape index (κ1) is 22.6. The average molecular weight is 512 g/mol. The molecule has 2 nitrogen and oxygen atoms in total. The molecular formula is C38H25NO. The van der Waals surface area contributed by atoms with Gasteiger partial charge in [0.25, 0.3) is 0 Å². The van der Waals surface area contributed by atoms with Gasteiger partial charge in [-0.05, 0) is 85.9 Å². The van der Waals surface area contributed by atoms with Gasteiger partial charge in [-0.15, -0.1) is 0 Å². The van der Waals surface area contributed by atoms with Gasteiger partial charge in [0, 0.05) is 27.8 Å². The number of anilines is 3. The Morgan fingerprint density at radius 1 is 0.400 bits per heavy atom. The van der Waals surface area contributed by atoms with Gasteiger partial charge in [-0.25, -0.2) is 0 Å². The maximum Gasteiger partial charge on any atom is 0.123 e. The fraction of sp³-hybridized carbons (Fsp3) is 0. The van der Waals surface area contributed by atoms with Crippen LogP contribution in [0.25, 0.3) is 54.2 Å². The second-order valence-corrected chi connectivity index (χ2v) is 10.4. The van der Waals surface area contributed by atoms with Crippen LogP contribution in [0.15, 0.2) is 146 Å². The maximum absolute atomic E-state index is 10.6. The largest absolute Gasteiger partial charge is 0.507 e. The molecule has 1 N–H and O–H groups in total. The van der Waals surface area contributed by atoms with E-state index < -0.39 is 0 Å². The van der Waals surface area contributed by atoms with E-state index in [0.29, 0.717) is 5.75 Å². The summed E-state index contributed by atoms with van der Waals surface area (Å²) in [4.78, 5) is 2.31. The number of para-hydroxylation sites is 1. The van der Waals surface area contributed by atoms with Crippen molar-refractivity contribution in [2.24, 2.45) is 0 Å². The molecular weight excluding hydrogens is 486 g/mol. The monoisotopic (exact) mass is 511 g/mol. The van der Waals surface area contributed by atoms with Crippen LogP contribution < -0.4 is 4.90 Å². The first-order valence-electron chi connectivity index (χ1n) is 13.6. The summed E-state index contributed by atoms with van der Waals surface area (Å²) in [6.07, 6.45) is 0. The first-order chi connectivity index (χ1) is 19.7. The predicted molar refractivity (Wildman–Crippen MR) is 169 cm³/mol. The molecule has 8 aromatic carbocycles. The SMILES string of the molecule is Oc1ccc2ccc3c(-c4ccc(N(c5ccccc5)c5ccc6ccccc6c5)cc4)ccc4ccc1c2c43. The highest BCUT2D eigenvalue weighted by molar-refractivity contribution is 6.26. The Labute approximate surface area is 232 Å². The molecule has 40 heavy (non-hydrogen) atoms. The normalized spacial score (nSPS) is 11.6. The van der Waals surface area contributed by atoms with Crippen molar-refractivity contribution in [2.45, 2.75) is 0 Å². The predicted octanol–water partition coefficient (Wildman–Crippen LogP) is 10.6. The fourth-order valence-corrected chi connectivity index (χ4v) is 6.17. The first-order valence-corrected chi connectivity index (χ1v) is 13.6. The number of fused-ring (bicyclic) bond motifs is 1. The lowest BCUT2D eigenvalue weighted by Crippen LogP contribution is -2.09. The van der Waals surface area contributed by atoms with Crippen LogP contribution >= 0.6 is 0 Å². The van der Waals surface area contributed by atoms with Crippen LogP contribution in [0.1, 0.15) is 0 Å². The lowest BCUT2D eigenvalue weighted by Gasteiger charge is -2.26. The maximum atomic E-state index is 10.6. The van der Waals surface area contributed by atoms with Crippen molar-refractivity contribution in [3.8, 4) is 16.9 Å². The van der Waals surface area contributed by atoms with Gasteiger partial charge in [0.1, 0.15) is 5.75 Å². The van der Waals surface area contributed by atoms with Crippen molar-refractivity contribution in [3.05, 3.63) is 146 Å². The number of phenols is 1. The standard InChI is InChI=1S/C38H25NO/c40-36-23-16-28-14-21-34-33(20-13-27-15-22-35(36)38(28)37(27)34)26-11-17-31(18-12-26)39(30-8-2-1-3-9-30)32-19-10-25-6-4-5-7-29(25)24-32/h1-24,40H. The van der Waals surface area contributed by atoms with E-state index in [9.17, 15) is 5.11 Å². The van der Waals surface area contributed by atoms with Crippen LogP contribution in [0.3, 0.4) is 0 Å². The molecule has 0 atom stereocenters. The van der Waals surface area contributed by atoms with Crippen LogP contribution in [0, 0.1) is 0 Å². The fourth-order valence-electron chi connectivity index (χ4n) is 6.17. The summed E-state index contributed by atoms with van der Waals surface area (Å²) in [6, 6.07) is 51.2. The minimum absolute atomic E-state index is 0.325. The summed E-state index contributed by atoms with van der Waals surface area (Å²) in [5.41, 5.74) is 5.70. The van der Waals surface area contributed by atoms with Gasteiger partial charge < -0.3 is 10.0 Å². The number of rotatable bonds is 4. The van der Waals surface area contributed by atoms with E-state index in [-0.39, 0.29) is 0 Å². The van der Waals surface area contributed by atoms with Crippen LogP contribution in [-0.2, 0) is 0 Å². The molecule has 0 spiro atoms. The molecule has 0 aromatic heterocycles. The number of nitrogens with zero attached hydrogens (tertiary/aromatic N) is 1. The van der Waals surface area contributed by atoms with Crippen molar-refractivity contribution in [3.63, 3.8) is 0 Å². The van der Waals surface area contributed by atoms with Gasteiger partial charge in [0.2, 0.25) is 0 Å². The van der Waals surface area contributed by atoms with E-state index in [4.69, 9.17) is 0 Å². The van der Waals surface area contributed by atoms with Crippen LogP contribution in [-0.4, -0.2) is 5.11 Å². The van der Waals surface area contributed by atoms with Crippen molar-refractivity contribution in [2.75, 3.05) is 4.90 Å². The Kier molecular flexibility index (Phi) is 5.01. The third-order valence-corrected chi connectivity index (χ3v) is 8.08. The van der Waals surface area contributed by atoms with E-state index in [1.807, 2.05) is 12.1 Å². The number of hydrogen-bond acceptors (Lipinski definition) is 2. The average Bonchev–Trinajstić information content (AvgIpc) is 3.02. The molecule has 0 aliphatic heterocycles. The van der Waals surface area contributed by atoms with Gasteiger partial charge in [-0.1, -0.05) is 103 Å². The molecule has 8 rings (SSSR count). The third kappa shape index (κ3) is 3.50. The highest BCUT2D eigenvalue weighted by atomic mass is 16.3. The molecule has 8 aromatic rings. The summed E-state index contributed by atoms with van der Waals surface area (Å²) >= 11 is 0. The third-order valence-electron chi connectivity index (χ3n) is 8.08. The van der Waals surface area contributed by atoms with Gasteiger partial charge in [0.05, 0.1) is 0 Å². The van der Waals surface area contributed by atoms with Crippen molar-refractivity contribution in [1.82, 2.24) is 0 Å². The number of benzene rings is 8. The lowest BCUT2D eigenvalue weighted by atomic mass is 9.89. The Hall–Kier alpha value is -5.34. The minimum atomic E-state index is 0.325. The van der Waals surface area contributed by atoms with Crippen LogP contribution in [0.2, 0.25) is 0 Å². The summed E-state index contributed by atoms with van der Waals surface area (Å²) in [5.74, 6) is 0.325. The van der Waals surface area contributed by atoms with Gasteiger partial charge in [-0.2, -0.15) is 0 Å². The molecule has 0 fully saturated rings. The molecule has 0 bridgehead atoms.